The topological polar surface area (TPSA) is 55.4 Å². The highest BCUT2D eigenvalue weighted by molar-refractivity contribution is 5.95. The Balaban J connectivity index is 1.90. The Morgan fingerprint density at radius 1 is 1.18 bits per heavy atom. The molecule has 2 aromatic rings. The summed E-state index contributed by atoms with van der Waals surface area (Å²) < 4.78 is 20.7. The molecule has 0 fully saturated rings. The number of rotatable bonds is 4. The van der Waals surface area contributed by atoms with Crippen LogP contribution in [0.2, 0.25) is 0 Å². The average molecular weight is 383 g/mol. The van der Waals surface area contributed by atoms with E-state index in [0.29, 0.717) is 35.4 Å². The van der Waals surface area contributed by atoms with Gasteiger partial charge >= 0.3 is 0 Å². The van der Waals surface area contributed by atoms with Gasteiger partial charge in [-0.3, -0.25) is 9.59 Å². The molecule has 4 nitrogen and oxygen atoms in total. The standard InChI is InChI=1S/C23H26FNO3/c1-13-8-16-10-17(12-25-22(27)23(3,4)5)28-21(16)19(9-13)18-11-15(14(2)26)6-7-20(18)24/h6-9,11,17H,10,12H2,1-5H3,(H,25,27). The van der Waals surface area contributed by atoms with E-state index in [1.165, 1.54) is 19.1 Å². The average Bonchev–Trinajstić information content (AvgIpc) is 3.01. The maximum Gasteiger partial charge on any atom is 0.225 e. The second-order valence-corrected chi connectivity index (χ2v) is 8.46. The van der Waals surface area contributed by atoms with Gasteiger partial charge in [0, 0.05) is 28.5 Å². The molecule has 0 aromatic heterocycles. The first-order chi connectivity index (χ1) is 13.1. The molecule has 1 aliphatic heterocycles. The molecule has 2 aromatic carbocycles. The third-order valence-electron chi connectivity index (χ3n) is 4.88. The smallest absolute Gasteiger partial charge is 0.225 e. The first-order valence-electron chi connectivity index (χ1n) is 9.45. The fourth-order valence-corrected chi connectivity index (χ4v) is 3.33. The van der Waals surface area contributed by atoms with Crippen LogP contribution in [0, 0.1) is 18.2 Å². The van der Waals surface area contributed by atoms with Crippen molar-refractivity contribution in [2.75, 3.05) is 6.54 Å². The van der Waals surface area contributed by atoms with Gasteiger partial charge in [0.05, 0.1) is 6.54 Å². The van der Waals surface area contributed by atoms with Crippen molar-refractivity contribution < 1.29 is 18.7 Å². The summed E-state index contributed by atoms with van der Waals surface area (Å²) >= 11 is 0. The molecule has 0 aliphatic carbocycles. The van der Waals surface area contributed by atoms with Gasteiger partial charge in [0.15, 0.2) is 5.78 Å². The minimum Gasteiger partial charge on any atom is -0.487 e. The first kappa shape index (κ1) is 20.1. The van der Waals surface area contributed by atoms with Crippen molar-refractivity contribution in [3.63, 3.8) is 0 Å². The molecule has 0 saturated heterocycles. The van der Waals surface area contributed by atoms with Crippen molar-refractivity contribution in [3.05, 3.63) is 52.8 Å². The van der Waals surface area contributed by atoms with Gasteiger partial charge in [0.1, 0.15) is 17.7 Å². The van der Waals surface area contributed by atoms with Gasteiger partial charge in [-0.2, -0.15) is 0 Å². The summed E-state index contributed by atoms with van der Waals surface area (Å²) in [4.78, 5) is 23.9. The molecule has 1 N–H and O–H groups in total. The number of ether oxygens (including phenoxy) is 1. The van der Waals surface area contributed by atoms with Gasteiger partial charge in [-0.05, 0) is 49.2 Å². The number of aryl methyl sites for hydroxylation is 1. The Morgan fingerprint density at radius 2 is 1.89 bits per heavy atom. The molecule has 0 bridgehead atoms. The van der Waals surface area contributed by atoms with Gasteiger partial charge < -0.3 is 10.1 Å². The van der Waals surface area contributed by atoms with Crippen LogP contribution in [-0.2, 0) is 11.2 Å². The van der Waals surface area contributed by atoms with Crippen LogP contribution < -0.4 is 10.1 Å². The van der Waals surface area contributed by atoms with Crippen molar-refractivity contribution in [2.45, 2.75) is 47.1 Å². The highest BCUT2D eigenvalue weighted by Gasteiger charge is 2.29. The summed E-state index contributed by atoms with van der Waals surface area (Å²) in [5.41, 5.74) is 2.96. The van der Waals surface area contributed by atoms with E-state index < -0.39 is 11.2 Å². The number of Topliss-reactive ketones (excluding diaryl/α,β-unsaturated/α-hetero) is 1. The highest BCUT2D eigenvalue weighted by Crippen LogP contribution is 2.41. The number of carbonyl (C=O) groups excluding carboxylic acids is 2. The van der Waals surface area contributed by atoms with E-state index in [4.69, 9.17) is 4.74 Å². The Bertz CT molecular complexity index is 944. The number of hydrogen-bond donors (Lipinski definition) is 1. The van der Waals surface area contributed by atoms with Crippen LogP contribution in [0.5, 0.6) is 5.75 Å². The molecule has 0 radical (unpaired) electrons. The fraction of sp³-hybridized carbons (Fsp3) is 0.391. The molecule has 0 saturated carbocycles. The Labute approximate surface area is 165 Å². The van der Waals surface area contributed by atoms with E-state index in [1.54, 1.807) is 6.07 Å². The van der Waals surface area contributed by atoms with Gasteiger partial charge in [-0.25, -0.2) is 4.39 Å². The largest absolute Gasteiger partial charge is 0.487 e. The Kier molecular flexibility index (Phi) is 5.28. The molecule has 5 heteroatoms. The Morgan fingerprint density at radius 3 is 2.54 bits per heavy atom. The van der Waals surface area contributed by atoms with Crippen LogP contribution in [0.4, 0.5) is 4.39 Å². The number of benzene rings is 2. The first-order valence-corrected chi connectivity index (χ1v) is 9.45. The number of hydrogen-bond acceptors (Lipinski definition) is 3. The second kappa shape index (κ2) is 7.38. The number of halogens is 1. The summed E-state index contributed by atoms with van der Waals surface area (Å²) in [6.07, 6.45) is 0.434. The van der Waals surface area contributed by atoms with E-state index >= 15 is 0 Å². The third-order valence-corrected chi connectivity index (χ3v) is 4.88. The minimum absolute atomic E-state index is 0.0383. The zero-order valence-corrected chi connectivity index (χ0v) is 17.0. The van der Waals surface area contributed by atoms with E-state index in [0.717, 1.165) is 11.1 Å². The molecular formula is C23H26FNO3. The maximum absolute atomic E-state index is 14.6. The van der Waals surface area contributed by atoms with Crippen LogP contribution in [0.15, 0.2) is 30.3 Å². The number of fused-ring (bicyclic) bond motifs is 1. The van der Waals surface area contributed by atoms with Crippen LogP contribution in [0.1, 0.15) is 49.2 Å². The zero-order valence-electron chi connectivity index (χ0n) is 17.0. The van der Waals surface area contributed by atoms with E-state index in [2.05, 4.69) is 5.32 Å². The molecule has 148 valence electrons. The molecule has 1 unspecified atom stereocenters. The lowest BCUT2D eigenvalue weighted by atomic mass is 9.95. The van der Waals surface area contributed by atoms with Gasteiger partial charge in [-0.1, -0.05) is 26.8 Å². The number of ketones is 1. The predicted octanol–water partition coefficient (Wildman–Crippen LogP) is 4.47. The van der Waals surface area contributed by atoms with E-state index in [9.17, 15) is 14.0 Å². The maximum atomic E-state index is 14.6. The van der Waals surface area contributed by atoms with Crippen molar-refractivity contribution in [3.8, 4) is 16.9 Å². The molecule has 1 heterocycles. The quantitative estimate of drug-likeness (QED) is 0.793. The molecule has 0 spiro atoms. The third kappa shape index (κ3) is 4.08. The SMILES string of the molecule is CC(=O)c1ccc(F)c(-c2cc(C)cc3c2OC(CNC(=O)C(C)(C)C)C3)c1. The number of nitrogens with one attached hydrogen (secondary N) is 1. The zero-order chi connectivity index (χ0) is 20.6. The molecule has 3 rings (SSSR count). The summed E-state index contributed by atoms with van der Waals surface area (Å²) in [6, 6.07) is 8.28. The van der Waals surface area contributed by atoms with E-state index in [-0.39, 0.29) is 17.8 Å². The van der Waals surface area contributed by atoms with Crippen LogP contribution in [0.3, 0.4) is 0 Å². The van der Waals surface area contributed by atoms with Crippen LogP contribution in [0.25, 0.3) is 11.1 Å². The van der Waals surface area contributed by atoms with Crippen molar-refractivity contribution in [1.29, 1.82) is 0 Å². The fourth-order valence-electron chi connectivity index (χ4n) is 3.33. The monoisotopic (exact) mass is 383 g/mol. The second-order valence-electron chi connectivity index (χ2n) is 8.46. The van der Waals surface area contributed by atoms with Crippen LogP contribution >= 0.6 is 0 Å². The lowest BCUT2D eigenvalue weighted by Gasteiger charge is -2.20. The Hall–Kier alpha value is -2.69. The summed E-state index contributed by atoms with van der Waals surface area (Å²) in [6.45, 7) is 9.38. The molecular weight excluding hydrogens is 357 g/mol. The summed E-state index contributed by atoms with van der Waals surface area (Å²) in [5.74, 6) is 0.0731. The lowest BCUT2D eigenvalue weighted by molar-refractivity contribution is -0.128. The molecule has 1 aliphatic rings. The van der Waals surface area contributed by atoms with E-state index in [1.807, 2.05) is 39.8 Å². The van der Waals surface area contributed by atoms with Crippen molar-refractivity contribution >= 4 is 11.7 Å². The molecule has 1 atom stereocenters. The molecule has 1 amide bonds. The van der Waals surface area contributed by atoms with Gasteiger partial charge in [-0.15, -0.1) is 0 Å². The summed E-state index contributed by atoms with van der Waals surface area (Å²) in [5, 5.41) is 2.93. The minimum atomic E-state index is -0.469. The predicted molar refractivity (Wildman–Crippen MR) is 107 cm³/mol. The van der Waals surface area contributed by atoms with Crippen LogP contribution in [-0.4, -0.2) is 24.3 Å². The number of amides is 1. The highest BCUT2D eigenvalue weighted by atomic mass is 19.1. The van der Waals surface area contributed by atoms with Gasteiger partial charge in [0.25, 0.3) is 0 Å². The molecule has 28 heavy (non-hydrogen) atoms. The lowest BCUT2D eigenvalue weighted by Crippen LogP contribution is -2.40. The van der Waals surface area contributed by atoms with Gasteiger partial charge in [0.2, 0.25) is 5.91 Å². The normalized spacial score (nSPS) is 15.7. The number of carbonyl (C=O) groups is 2. The van der Waals surface area contributed by atoms with Crippen molar-refractivity contribution in [1.82, 2.24) is 5.32 Å². The van der Waals surface area contributed by atoms with Crippen molar-refractivity contribution in [2.24, 2.45) is 5.41 Å². The summed E-state index contributed by atoms with van der Waals surface area (Å²) in [7, 11) is 0.